The van der Waals surface area contributed by atoms with E-state index in [1.165, 1.54) is 7.11 Å². The van der Waals surface area contributed by atoms with Crippen LogP contribution in [0.1, 0.15) is 97.8 Å². The summed E-state index contributed by atoms with van der Waals surface area (Å²) in [6, 6.07) is 0. The molecule has 1 fully saturated rings. The van der Waals surface area contributed by atoms with E-state index >= 15 is 0 Å². The van der Waals surface area contributed by atoms with E-state index in [0.29, 0.717) is 62.1 Å². The third kappa shape index (κ3) is 20.0. The van der Waals surface area contributed by atoms with Gasteiger partial charge in [-0.2, -0.15) is 11.8 Å². The molecule has 13 nitrogen and oxygen atoms in total. The van der Waals surface area contributed by atoms with Crippen LogP contribution in [0.25, 0.3) is 0 Å². The van der Waals surface area contributed by atoms with Gasteiger partial charge in [-0.05, 0) is 31.5 Å². The lowest BCUT2D eigenvalue weighted by atomic mass is 9.98. The Kier molecular flexibility index (Phi) is 26.7. The molecular weight excluding hydrogens is 671 g/mol. The average molecular weight is 736 g/mol. The average Bonchev–Trinajstić information content (AvgIpc) is 3.07. The molecule has 0 bridgehead atoms. The fraction of sp³-hybridized carbons (Fsp3) is 0.882. The lowest BCUT2D eigenvalue weighted by Crippen LogP contribution is -2.62. The van der Waals surface area contributed by atoms with Crippen LogP contribution < -0.4 is 22.1 Å². The first-order chi connectivity index (χ1) is 23.7. The normalized spacial score (nSPS) is 20.5. The molecule has 1 heterocycles. The first kappa shape index (κ1) is 45.3. The molecule has 1 aliphatic rings. The van der Waals surface area contributed by atoms with E-state index in [-0.39, 0.29) is 19.3 Å². The van der Waals surface area contributed by atoms with Crippen molar-refractivity contribution < 1.29 is 38.1 Å². The van der Waals surface area contributed by atoms with Crippen LogP contribution in [-0.4, -0.2) is 123 Å². The van der Waals surface area contributed by atoms with E-state index in [9.17, 15) is 14.4 Å². The number of carbonyl (C=O) groups excluding carboxylic acids is 3. The van der Waals surface area contributed by atoms with Gasteiger partial charge in [0.1, 0.15) is 6.10 Å². The molecule has 0 aromatic carbocycles. The van der Waals surface area contributed by atoms with Crippen LogP contribution in [-0.2, 0) is 38.1 Å². The van der Waals surface area contributed by atoms with E-state index in [4.69, 9.17) is 47.4 Å². The number of ether oxygens (including phenoxy) is 5. The van der Waals surface area contributed by atoms with Crippen molar-refractivity contribution in [2.45, 2.75) is 129 Å². The predicted molar refractivity (Wildman–Crippen MR) is 198 cm³/mol. The molecule has 286 valence electrons. The summed E-state index contributed by atoms with van der Waals surface area (Å²) >= 11 is 7.01. The number of unbranched alkanes of at least 4 members (excludes halogenated alkanes) is 6. The maximum Gasteiger partial charge on any atom is 0.306 e. The van der Waals surface area contributed by atoms with E-state index in [1.54, 1.807) is 11.8 Å². The fourth-order valence-corrected chi connectivity index (χ4v) is 6.44. The molecule has 0 spiro atoms. The number of thiocarbonyl (C=S) groups is 1. The molecule has 0 saturated carbocycles. The summed E-state index contributed by atoms with van der Waals surface area (Å²) in [4.78, 5) is 41.2. The highest BCUT2D eigenvalue weighted by atomic mass is 32.2. The second-order valence-corrected chi connectivity index (χ2v) is 13.7. The number of hydrogen-bond acceptors (Lipinski definition) is 13. The number of methoxy groups -OCH3 is 1. The zero-order chi connectivity index (χ0) is 36.3. The van der Waals surface area contributed by atoms with E-state index < -0.39 is 48.6 Å². The molecular formula is C34H65N5O8S2. The van der Waals surface area contributed by atoms with Crippen LogP contribution in [0.2, 0.25) is 0 Å². The quantitative estimate of drug-likeness (QED) is 0.0398. The number of thioether (sulfide) groups is 1. The van der Waals surface area contributed by atoms with Crippen LogP contribution in [0, 0.1) is 0 Å². The molecule has 0 aromatic rings. The number of nitrogens with zero attached hydrogens (tertiary/aromatic N) is 1. The number of nitrogens with two attached hydrogens (primary N) is 2. The largest absolute Gasteiger partial charge is 0.455 e. The summed E-state index contributed by atoms with van der Waals surface area (Å²) < 4.78 is 29.8. The molecule has 0 unspecified atom stereocenters. The van der Waals surface area contributed by atoms with Crippen molar-refractivity contribution in [1.29, 1.82) is 0 Å². The van der Waals surface area contributed by atoms with Crippen LogP contribution in [0.4, 0.5) is 0 Å². The number of rotatable bonds is 28. The molecule has 0 aliphatic carbocycles. The maximum atomic E-state index is 13.1. The summed E-state index contributed by atoms with van der Waals surface area (Å²) in [6.07, 6.45) is 3.28. The topological polar surface area (TPSA) is 177 Å². The zero-order valence-corrected chi connectivity index (χ0v) is 32.1. The van der Waals surface area contributed by atoms with Crippen LogP contribution >= 0.6 is 24.0 Å². The molecule has 0 amide bonds. The standard InChI is InChI=1S/C34H65N5O8S2/c1-5-8-11-14-27(40)45-30-26(25-49-24-20-38-34(48)37-19-23-39(21-17-35)22-18-36)44-33(43-4)32(47-29(42)16-13-10-7-3)31(30)46-28(41)15-12-9-6-2/h26,30-33H,5-25,35-36H2,1-4H3,(H2,37,38,48)/t26-,30-,31+,32-,33+/m1/s1. The second kappa shape index (κ2) is 28.9. The zero-order valence-electron chi connectivity index (χ0n) is 30.4. The van der Waals surface area contributed by atoms with Gasteiger partial charge in [-0.25, -0.2) is 0 Å². The Labute approximate surface area is 304 Å². The highest BCUT2D eigenvalue weighted by Crippen LogP contribution is 2.32. The summed E-state index contributed by atoms with van der Waals surface area (Å²) in [7, 11) is 1.45. The van der Waals surface area contributed by atoms with Gasteiger partial charge in [-0.3, -0.25) is 19.3 Å². The van der Waals surface area contributed by atoms with Crippen molar-refractivity contribution in [3.63, 3.8) is 0 Å². The molecule has 0 radical (unpaired) electrons. The Morgan fingerprint density at radius 3 is 1.71 bits per heavy atom. The molecule has 1 rings (SSSR count). The van der Waals surface area contributed by atoms with Crippen molar-refractivity contribution in [3.05, 3.63) is 0 Å². The van der Waals surface area contributed by atoms with Crippen LogP contribution in [0.3, 0.4) is 0 Å². The Balaban J connectivity index is 3.01. The van der Waals surface area contributed by atoms with Gasteiger partial charge >= 0.3 is 17.9 Å². The monoisotopic (exact) mass is 735 g/mol. The highest BCUT2D eigenvalue weighted by Gasteiger charge is 2.52. The minimum absolute atomic E-state index is 0.203. The van der Waals surface area contributed by atoms with Gasteiger partial charge in [-0.15, -0.1) is 0 Å². The van der Waals surface area contributed by atoms with E-state index in [1.807, 2.05) is 0 Å². The maximum absolute atomic E-state index is 13.1. The Morgan fingerprint density at radius 2 is 1.22 bits per heavy atom. The van der Waals surface area contributed by atoms with Crippen LogP contribution in [0.5, 0.6) is 0 Å². The second-order valence-electron chi connectivity index (χ2n) is 12.2. The van der Waals surface area contributed by atoms with Crippen molar-refractivity contribution >= 4 is 47.0 Å². The summed E-state index contributed by atoms with van der Waals surface area (Å²) in [5.41, 5.74) is 11.4. The van der Waals surface area contributed by atoms with Crippen molar-refractivity contribution in [2.24, 2.45) is 11.5 Å². The minimum atomic E-state index is -1.10. The van der Waals surface area contributed by atoms with Gasteiger partial charge in [0.15, 0.2) is 29.7 Å². The van der Waals surface area contributed by atoms with Crippen molar-refractivity contribution in [1.82, 2.24) is 15.5 Å². The molecule has 49 heavy (non-hydrogen) atoms. The molecule has 1 aliphatic heterocycles. The van der Waals surface area contributed by atoms with Crippen LogP contribution in [0.15, 0.2) is 0 Å². The lowest BCUT2D eigenvalue weighted by molar-refractivity contribution is -0.295. The lowest BCUT2D eigenvalue weighted by Gasteiger charge is -2.44. The van der Waals surface area contributed by atoms with Gasteiger partial charge in [0.05, 0.1) is 0 Å². The third-order valence-corrected chi connectivity index (χ3v) is 9.34. The number of carbonyl (C=O) groups is 3. The number of esters is 3. The Morgan fingerprint density at radius 1 is 0.735 bits per heavy atom. The van der Waals surface area contributed by atoms with Crippen molar-refractivity contribution in [3.8, 4) is 0 Å². The fourth-order valence-electron chi connectivity index (χ4n) is 5.32. The summed E-state index contributed by atoms with van der Waals surface area (Å²) in [5, 5.41) is 6.97. The first-order valence-corrected chi connectivity index (χ1v) is 19.8. The Hall–Kier alpha value is -1.75. The minimum Gasteiger partial charge on any atom is -0.455 e. The van der Waals surface area contributed by atoms with Gasteiger partial charge in [0.25, 0.3) is 0 Å². The van der Waals surface area contributed by atoms with Gasteiger partial charge < -0.3 is 45.8 Å². The van der Waals surface area contributed by atoms with E-state index in [0.717, 1.165) is 58.2 Å². The smallest absolute Gasteiger partial charge is 0.306 e. The number of nitrogens with one attached hydrogen (secondary N) is 2. The van der Waals surface area contributed by atoms with E-state index in [2.05, 4.69) is 36.3 Å². The van der Waals surface area contributed by atoms with Gasteiger partial charge in [0, 0.05) is 83.7 Å². The molecule has 6 N–H and O–H groups in total. The molecule has 15 heteroatoms. The highest BCUT2D eigenvalue weighted by molar-refractivity contribution is 7.99. The SMILES string of the molecule is CCCCCC(=O)O[C@@H]1[C@@H](OC(=O)CCCCC)[C@@H](OC)O[C@H](CSCCNC(=S)NCCN(CCN)CCN)[C@H]1OC(=O)CCCCC. The summed E-state index contributed by atoms with van der Waals surface area (Å²) in [6.45, 7) is 10.9. The number of hydrogen-bond donors (Lipinski definition) is 4. The Bertz CT molecular complexity index is 916. The van der Waals surface area contributed by atoms with Crippen molar-refractivity contribution in [2.75, 3.05) is 64.4 Å². The predicted octanol–water partition coefficient (Wildman–Crippen LogP) is 3.25. The molecule has 1 saturated heterocycles. The first-order valence-electron chi connectivity index (χ1n) is 18.2. The van der Waals surface area contributed by atoms with Gasteiger partial charge in [0.2, 0.25) is 0 Å². The third-order valence-electron chi connectivity index (χ3n) is 8.00. The molecule has 5 atom stereocenters. The summed E-state index contributed by atoms with van der Waals surface area (Å²) in [5.74, 6) is -0.231. The van der Waals surface area contributed by atoms with Gasteiger partial charge in [-0.1, -0.05) is 59.3 Å². The molecule has 0 aromatic heterocycles.